The van der Waals surface area contributed by atoms with Crippen molar-refractivity contribution in [3.05, 3.63) is 35.9 Å². The molecule has 0 spiro atoms. The zero-order valence-electron chi connectivity index (χ0n) is 16.2. The van der Waals surface area contributed by atoms with Crippen molar-refractivity contribution in [2.75, 3.05) is 53.4 Å². The topological polar surface area (TPSA) is 9.23 Å². The number of ether oxygens (including phenoxy) is 1. The minimum Gasteiger partial charge on any atom is -0.362 e. The largest absolute Gasteiger partial charge is 0.362 e. The van der Waals surface area contributed by atoms with Gasteiger partial charge in [-0.05, 0) is 33.3 Å². The summed E-state index contributed by atoms with van der Waals surface area (Å²) >= 11 is 0. The van der Waals surface area contributed by atoms with E-state index in [1.807, 2.05) is 0 Å². The van der Waals surface area contributed by atoms with Crippen molar-refractivity contribution in [3.63, 3.8) is 0 Å². The molecule has 0 saturated carbocycles. The summed E-state index contributed by atoms with van der Waals surface area (Å²) in [7, 11) is 4.70. The fraction of sp³-hybridized carbons (Fsp3) is 0.700. The third-order valence-electron chi connectivity index (χ3n) is 5.67. The molecule has 3 nitrogen and oxygen atoms in total. The fourth-order valence-corrected chi connectivity index (χ4v) is 2.90. The zero-order valence-corrected chi connectivity index (χ0v) is 16.2. The molecule has 3 heteroatoms. The highest BCUT2D eigenvalue weighted by molar-refractivity contribution is 5.13. The Morgan fingerprint density at radius 1 is 0.783 bits per heavy atom. The van der Waals surface area contributed by atoms with Crippen LogP contribution in [0.25, 0.3) is 0 Å². The average molecular weight is 323 g/mol. The standard InChI is InChI=1S/C20H38N2O/c1-7-21(5,8-2)16-20(17-22(6,9-3)10-4)23-18-19-14-12-11-13-15-19/h11-15,20H,7-10,16-18H2,1-6H3/q+2. The van der Waals surface area contributed by atoms with Crippen LogP contribution in [0.5, 0.6) is 0 Å². The van der Waals surface area contributed by atoms with Crippen molar-refractivity contribution in [3.8, 4) is 0 Å². The molecular formula is C20H38N2O+2. The maximum atomic E-state index is 6.40. The van der Waals surface area contributed by atoms with E-state index >= 15 is 0 Å². The third-order valence-corrected chi connectivity index (χ3v) is 5.67. The first-order chi connectivity index (χ1) is 10.9. The number of likely N-dealkylation sites (N-methyl/N-ethyl adjacent to an activating group) is 2. The summed E-state index contributed by atoms with van der Waals surface area (Å²) in [6, 6.07) is 10.5. The Labute approximate surface area is 144 Å². The highest BCUT2D eigenvalue weighted by Gasteiger charge is 2.30. The van der Waals surface area contributed by atoms with E-state index < -0.39 is 0 Å². The molecule has 0 aliphatic heterocycles. The van der Waals surface area contributed by atoms with Crippen molar-refractivity contribution in [1.82, 2.24) is 0 Å². The highest BCUT2D eigenvalue weighted by atomic mass is 16.5. The van der Waals surface area contributed by atoms with Crippen LogP contribution in [0.2, 0.25) is 0 Å². The molecule has 0 aromatic heterocycles. The molecule has 23 heavy (non-hydrogen) atoms. The van der Waals surface area contributed by atoms with E-state index in [0.717, 1.165) is 48.2 Å². The molecule has 0 atom stereocenters. The van der Waals surface area contributed by atoms with E-state index in [4.69, 9.17) is 4.74 Å². The van der Waals surface area contributed by atoms with Gasteiger partial charge in [-0.2, -0.15) is 0 Å². The SMILES string of the molecule is CC[N+](C)(CC)CC(C[N+](C)(CC)CC)OCc1ccccc1. The summed E-state index contributed by atoms with van der Waals surface area (Å²) in [5.74, 6) is 0. The van der Waals surface area contributed by atoms with E-state index in [2.05, 4.69) is 72.1 Å². The van der Waals surface area contributed by atoms with Crippen LogP contribution in [-0.2, 0) is 11.3 Å². The summed E-state index contributed by atoms with van der Waals surface area (Å²) in [4.78, 5) is 0. The van der Waals surface area contributed by atoms with Gasteiger partial charge in [-0.3, -0.25) is 0 Å². The molecular weight excluding hydrogens is 284 g/mol. The smallest absolute Gasteiger partial charge is 0.155 e. The molecule has 1 rings (SSSR count). The second-order valence-electron chi connectivity index (χ2n) is 7.29. The number of rotatable bonds is 11. The second-order valence-corrected chi connectivity index (χ2v) is 7.29. The molecule has 0 fully saturated rings. The number of nitrogens with zero attached hydrogens (tertiary/aromatic N) is 2. The fourth-order valence-electron chi connectivity index (χ4n) is 2.90. The van der Waals surface area contributed by atoms with Crippen LogP contribution in [-0.4, -0.2) is 68.4 Å². The number of benzene rings is 1. The van der Waals surface area contributed by atoms with Gasteiger partial charge in [-0.15, -0.1) is 0 Å². The lowest BCUT2D eigenvalue weighted by atomic mass is 10.2. The van der Waals surface area contributed by atoms with E-state index in [-0.39, 0.29) is 0 Å². The van der Waals surface area contributed by atoms with Gasteiger partial charge in [0.05, 0.1) is 46.9 Å². The van der Waals surface area contributed by atoms with Crippen LogP contribution < -0.4 is 0 Å². The van der Waals surface area contributed by atoms with Crippen molar-refractivity contribution in [2.24, 2.45) is 0 Å². The number of quaternary nitrogens is 2. The Hall–Kier alpha value is -0.900. The quantitative estimate of drug-likeness (QED) is 0.566. The van der Waals surface area contributed by atoms with Gasteiger partial charge in [0.15, 0.2) is 6.10 Å². The molecule has 1 aromatic rings. The monoisotopic (exact) mass is 322 g/mol. The number of hydrogen-bond acceptors (Lipinski definition) is 1. The molecule has 0 saturated heterocycles. The van der Waals surface area contributed by atoms with Crippen molar-refractivity contribution in [2.45, 2.75) is 40.4 Å². The Morgan fingerprint density at radius 2 is 1.22 bits per heavy atom. The van der Waals surface area contributed by atoms with Gasteiger partial charge in [0, 0.05) is 0 Å². The van der Waals surface area contributed by atoms with Gasteiger partial charge in [-0.1, -0.05) is 30.3 Å². The van der Waals surface area contributed by atoms with Crippen molar-refractivity contribution >= 4 is 0 Å². The first kappa shape index (κ1) is 20.1. The van der Waals surface area contributed by atoms with Crippen molar-refractivity contribution in [1.29, 1.82) is 0 Å². The highest BCUT2D eigenvalue weighted by Crippen LogP contribution is 2.14. The van der Waals surface area contributed by atoms with E-state index in [1.54, 1.807) is 0 Å². The van der Waals surface area contributed by atoms with Crippen LogP contribution in [0.15, 0.2) is 30.3 Å². The molecule has 0 aliphatic rings. The average Bonchev–Trinajstić information content (AvgIpc) is 2.60. The summed E-state index contributed by atoms with van der Waals surface area (Å²) in [5.41, 5.74) is 1.27. The predicted molar refractivity (Wildman–Crippen MR) is 99.3 cm³/mol. The Balaban J connectivity index is 2.79. The molecule has 0 radical (unpaired) electrons. The van der Waals surface area contributed by atoms with E-state index in [1.165, 1.54) is 5.56 Å². The molecule has 132 valence electrons. The number of hydrogen-bond donors (Lipinski definition) is 0. The van der Waals surface area contributed by atoms with Gasteiger partial charge >= 0.3 is 0 Å². The lowest BCUT2D eigenvalue weighted by molar-refractivity contribution is -0.930. The van der Waals surface area contributed by atoms with Gasteiger partial charge in [0.2, 0.25) is 0 Å². The van der Waals surface area contributed by atoms with Crippen molar-refractivity contribution < 1.29 is 13.7 Å². The normalized spacial score (nSPS) is 12.8. The molecule has 0 bridgehead atoms. The summed E-state index contributed by atoms with van der Waals surface area (Å²) < 4.78 is 8.55. The van der Waals surface area contributed by atoms with Gasteiger partial charge in [0.1, 0.15) is 13.1 Å². The van der Waals surface area contributed by atoms with Gasteiger partial charge in [-0.25, -0.2) is 0 Å². The van der Waals surface area contributed by atoms with E-state index in [9.17, 15) is 0 Å². The Bertz CT molecular complexity index is 405. The third kappa shape index (κ3) is 6.62. The van der Waals surface area contributed by atoms with Gasteiger partial charge < -0.3 is 13.7 Å². The first-order valence-corrected chi connectivity index (χ1v) is 9.23. The summed E-state index contributed by atoms with van der Waals surface area (Å²) in [6.07, 6.45) is 0.296. The maximum absolute atomic E-state index is 6.40. The van der Waals surface area contributed by atoms with E-state index in [0.29, 0.717) is 12.7 Å². The van der Waals surface area contributed by atoms with Crippen LogP contribution in [0, 0.1) is 0 Å². The maximum Gasteiger partial charge on any atom is 0.155 e. The lowest BCUT2D eigenvalue weighted by Crippen LogP contribution is -2.56. The summed E-state index contributed by atoms with van der Waals surface area (Å²) in [6.45, 7) is 16.7. The Kier molecular flexibility index (Phi) is 8.24. The molecule has 0 N–H and O–H groups in total. The van der Waals surface area contributed by atoms with Crippen LogP contribution >= 0.6 is 0 Å². The van der Waals surface area contributed by atoms with Crippen LogP contribution in [0.4, 0.5) is 0 Å². The molecule has 0 amide bonds. The lowest BCUT2D eigenvalue weighted by Gasteiger charge is -2.39. The molecule has 1 aromatic carbocycles. The molecule has 0 aliphatic carbocycles. The second kappa shape index (κ2) is 9.41. The molecule has 0 unspecified atom stereocenters. The first-order valence-electron chi connectivity index (χ1n) is 9.23. The zero-order chi connectivity index (χ0) is 17.3. The summed E-state index contributed by atoms with van der Waals surface area (Å²) in [5, 5.41) is 0. The van der Waals surface area contributed by atoms with Gasteiger partial charge in [0.25, 0.3) is 0 Å². The Morgan fingerprint density at radius 3 is 1.61 bits per heavy atom. The minimum absolute atomic E-state index is 0.296. The van der Waals surface area contributed by atoms with Crippen LogP contribution in [0.3, 0.4) is 0 Å². The predicted octanol–water partition coefficient (Wildman–Crippen LogP) is 3.54. The van der Waals surface area contributed by atoms with Crippen LogP contribution in [0.1, 0.15) is 33.3 Å². The molecule has 0 heterocycles. The minimum atomic E-state index is 0.296.